The number of amides is 1. The minimum Gasteiger partial charge on any atom is -0.338 e. The Balaban J connectivity index is 1.56. The Labute approximate surface area is 156 Å². The lowest BCUT2D eigenvalue weighted by atomic mass is 10.1. The molecule has 0 aliphatic heterocycles. The number of carbonyl (C=O) groups is 2. The van der Waals surface area contributed by atoms with Gasteiger partial charge in [0.2, 0.25) is 0 Å². The minimum atomic E-state index is -0.483. The van der Waals surface area contributed by atoms with Crippen molar-refractivity contribution in [3.05, 3.63) is 95.6 Å². The third kappa shape index (κ3) is 5.09. The van der Waals surface area contributed by atoms with Crippen LogP contribution in [-0.4, -0.2) is 11.9 Å². The van der Waals surface area contributed by atoms with Crippen LogP contribution in [0.5, 0.6) is 0 Å². The Bertz CT molecular complexity index is 950. The van der Waals surface area contributed by atoms with Crippen molar-refractivity contribution in [1.29, 1.82) is 0 Å². The van der Waals surface area contributed by atoms with Crippen molar-refractivity contribution in [3.63, 3.8) is 0 Å². The zero-order chi connectivity index (χ0) is 19.1. The number of hydrogen-bond acceptors (Lipinski definition) is 5. The van der Waals surface area contributed by atoms with Crippen molar-refractivity contribution in [2.24, 2.45) is 10.2 Å². The summed E-state index contributed by atoms with van der Waals surface area (Å²) in [7, 11) is 0. The van der Waals surface area contributed by atoms with E-state index in [0.717, 1.165) is 5.56 Å². The second-order valence-electron chi connectivity index (χ2n) is 5.78. The van der Waals surface area contributed by atoms with Gasteiger partial charge in [-0.25, -0.2) is 10.3 Å². The fourth-order valence-electron chi connectivity index (χ4n) is 2.19. The molecule has 0 aromatic heterocycles. The van der Waals surface area contributed by atoms with Crippen LogP contribution in [0.4, 0.5) is 11.4 Å². The lowest BCUT2D eigenvalue weighted by Gasteiger charge is -2.06. The van der Waals surface area contributed by atoms with Gasteiger partial charge in [0.05, 0.1) is 16.9 Å². The highest BCUT2D eigenvalue weighted by Crippen LogP contribution is 2.18. The van der Waals surface area contributed by atoms with Crippen molar-refractivity contribution in [1.82, 2.24) is 0 Å². The van der Waals surface area contributed by atoms with Crippen molar-refractivity contribution >= 4 is 23.3 Å². The van der Waals surface area contributed by atoms with Gasteiger partial charge < -0.3 is 4.84 Å². The molecule has 1 N–H and O–H groups in total. The predicted octanol–water partition coefficient (Wildman–Crippen LogP) is 5.10. The van der Waals surface area contributed by atoms with Crippen LogP contribution in [0.2, 0.25) is 0 Å². The van der Waals surface area contributed by atoms with Gasteiger partial charge in [-0.15, -0.1) is 10.2 Å². The van der Waals surface area contributed by atoms with Crippen LogP contribution in [0.1, 0.15) is 26.3 Å². The second-order valence-corrected chi connectivity index (χ2v) is 5.78. The van der Waals surface area contributed by atoms with Crippen LogP contribution in [0.25, 0.3) is 0 Å². The topological polar surface area (TPSA) is 80.1 Å². The molecule has 134 valence electrons. The van der Waals surface area contributed by atoms with Gasteiger partial charge in [0.15, 0.2) is 0 Å². The quantitative estimate of drug-likeness (QED) is 0.507. The highest BCUT2D eigenvalue weighted by Gasteiger charge is 2.06. The van der Waals surface area contributed by atoms with Crippen LogP contribution < -0.4 is 5.48 Å². The summed E-state index contributed by atoms with van der Waals surface area (Å²) < 4.78 is 0. The lowest BCUT2D eigenvalue weighted by molar-refractivity contribution is 0.0596. The summed E-state index contributed by atoms with van der Waals surface area (Å²) in [4.78, 5) is 28.9. The number of aryl methyl sites for hydroxylation is 1. The molecule has 0 saturated carbocycles. The van der Waals surface area contributed by atoms with Crippen LogP contribution in [0.3, 0.4) is 0 Å². The average molecular weight is 359 g/mol. The lowest BCUT2D eigenvalue weighted by Crippen LogP contribution is -2.10. The van der Waals surface area contributed by atoms with Gasteiger partial charge in [0, 0.05) is 5.56 Å². The van der Waals surface area contributed by atoms with Crippen molar-refractivity contribution in [2.45, 2.75) is 6.92 Å². The van der Waals surface area contributed by atoms with Gasteiger partial charge >= 0.3 is 5.97 Å². The van der Waals surface area contributed by atoms with E-state index in [1.165, 1.54) is 0 Å². The van der Waals surface area contributed by atoms with Gasteiger partial charge in [0.1, 0.15) is 0 Å². The first-order valence-corrected chi connectivity index (χ1v) is 8.27. The fraction of sp³-hybridized carbons (Fsp3) is 0.0476. The number of nitrogens with one attached hydrogen (secondary N) is 1. The molecule has 3 rings (SSSR count). The van der Waals surface area contributed by atoms with Gasteiger partial charge in [-0.05, 0) is 55.5 Å². The summed E-state index contributed by atoms with van der Waals surface area (Å²) in [6, 6.07) is 22.4. The predicted molar refractivity (Wildman–Crippen MR) is 102 cm³/mol. The first-order valence-electron chi connectivity index (χ1n) is 8.27. The van der Waals surface area contributed by atoms with Gasteiger partial charge in [-0.3, -0.25) is 4.79 Å². The molecule has 0 unspecified atom stereocenters. The van der Waals surface area contributed by atoms with Crippen molar-refractivity contribution < 1.29 is 14.4 Å². The van der Waals surface area contributed by atoms with E-state index in [9.17, 15) is 9.59 Å². The monoisotopic (exact) mass is 359 g/mol. The molecule has 0 bridgehead atoms. The summed E-state index contributed by atoms with van der Waals surface area (Å²) in [6.07, 6.45) is 0. The Morgan fingerprint density at radius 3 is 2.15 bits per heavy atom. The zero-order valence-electron chi connectivity index (χ0n) is 14.6. The molecule has 1 amide bonds. The van der Waals surface area contributed by atoms with E-state index < -0.39 is 11.9 Å². The van der Waals surface area contributed by atoms with Gasteiger partial charge in [-0.2, -0.15) is 0 Å². The molecule has 3 aromatic carbocycles. The van der Waals surface area contributed by atoms with E-state index >= 15 is 0 Å². The van der Waals surface area contributed by atoms with E-state index in [1.54, 1.807) is 60.7 Å². The first-order chi connectivity index (χ1) is 13.1. The molecule has 0 saturated heterocycles. The summed E-state index contributed by atoms with van der Waals surface area (Å²) in [5.74, 6) is -0.892. The summed E-state index contributed by atoms with van der Waals surface area (Å²) in [5.41, 5.74) is 5.66. The molecule has 0 spiro atoms. The number of azo groups is 1. The van der Waals surface area contributed by atoms with Crippen LogP contribution in [-0.2, 0) is 4.84 Å². The number of carbonyl (C=O) groups excluding carboxylic acids is 2. The van der Waals surface area contributed by atoms with Gasteiger partial charge in [0.25, 0.3) is 5.91 Å². The van der Waals surface area contributed by atoms with E-state index in [-0.39, 0.29) is 0 Å². The molecule has 0 fully saturated rings. The van der Waals surface area contributed by atoms with Crippen molar-refractivity contribution in [3.8, 4) is 0 Å². The summed E-state index contributed by atoms with van der Waals surface area (Å²) in [5, 5.41) is 7.65. The standard InChI is InChI=1S/C21H17N3O3/c1-15-7-9-16(10-8-15)20(25)23-22-18-11-13-19(14-12-18)24-27-21(26)17-5-3-2-4-6-17/h2-14,24H,1H3. The summed E-state index contributed by atoms with van der Waals surface area (Å²) >= 11 is 0. The number of hydrogen-bond donors (Lipinski definition) is 1. The van der Waals surface area contributed by atoms with Gasteiger partial charge in [-0.1, -0.05) is 35.9 Å². The molecule has 0 atom stereocenters. The molecule has 0 aliphatic rings. The molecule has 0 radical (unpaired) electrons. The zero-order valence-corrected chi connectivity index (χ0v) is 14.6. The molecular formula is C21H17N3O3. The van der Waals surface area contributed by atoms with Crippen LogP contribution >= 0.6 is 0 Å². The maximum atomic E-state index is 12.0. The number of rotatable bonds is 5. The highest BCUT2D eigenvalue weighted by molar-refractivity contribution is 5.94. The van der Waals surface area contributed by atoms with Crippen LogP contribution in [0.15, 0.2) is 89.1 Å². The molecule has 27 heavy (non-hydrogen) atoms. The highest BCUT2D eigenvalue weighted by atomic mass is 16.7. The van der Waals surface area contributed by atoms with E-state index in [1.807, 2.05) is 25.1 Å². The van der Waals surface area contributed by atoms with E-state index in [2.05, 4.69) is 15.7 Å². The maximum absolute atomic E-state index is 12.0. The largest absolute Gasteiger partial charge is 0.362 e. The SMILES string of the molecule is Cc1ccc(C(=O)N=Nc2ccc(NOC(=O)c3ccccc3)cc2)cc1. The molecule has 3 aromatic rings. The molecule has 6 nitrogen and oxygen atoms in total. The smallest absolute Gasteiger partial charge is 0.338 e. The third-order valence-corrected chi connectivity index (χ3v) is 3.69. The normalized spacial score (nSPS) is 10.6. The average Bonchev–Trinajstić information content (AvgIpc) is 2.72. The Morgan fingerprint density at radius 2 is 1.48 bits per heavy atom. The van der Waals surface area contributed by atoms with Crippen molar-refractivity contribution in [2.75, 3.05) is 5.48 Å². The van der Waals surface area contributed by atoms with E-state index in [0.29, 0.717) is 22.5 Å². The van der Waals surface area contributed by atoms with Crippen LogP contribution in [0, 0.1) is 6.92 Å². The minimum absolute atomic E-state index is 0.408. The second kappa shape index (κ2) is 8.53. The van der Waals surface area contributed by atoms with E-state index in [4.69, 9.17) is 4.84 Å². The number of nitrogens with zero attached hydrogens (tertiary/aromatic N) is 2. The Kier molecular flexibility index (Phi) is 5.69. The Morgan fingerprint density at radius 1 is 0.815 bits per heavy atom. The molecule has 6 heteroatoms. The number of anilines is 1. The first kappa shape index (κ1) is 18.0. The molecule has 0 aliphatic carbocycles. The molecular weight excluding hydrogens is 342 g/mol. The third-order valence-electron chi connectivity index (χ3n) is 3.69. The molecule has 0 heterocycles. The number of benzene rings is 3. The maximum Gasteiger partial charge on any atom is 0.362 e. The summed E-state index contributed by atoms with van der Waals surface area (Å²) in [6.45, 7) is 1.95. The Hall–Kier alpha value is -3.80. The fourth-order valence-corrected chi connectivity index (χ4v) is 2.19.